The molecule has 1 aromatic carbocycles. The number of hydrogen-bond donors (Lipinski definition) is 2. The number of amides is 1. The quantitative estimate of drug-likeness (QED) is 0.409. The van der Waals surface area contributed by atoms with E-state index >= 15 is 0 Å². The van der Waals surface area contributed by atoms with Gasteiger partial charge in [-0.3, -0.25) is 4.79 Å². The molecule has 4 nitrogen and oxygen atoms in total. The minimum Gasteiger partial charge on any atom is -0.504 e. The smallest absolute Gasteiger partial charge is 0.246 e. The van der Waals surface area contributed by atoms with Gasteiger partial charge in [-0.25, -0.2) is 0 Å². The minimum absolute atomic E-state index is 0.0325. The van der Waals surface area contributed by atoms with Crippen LogP contribution in [0.3, 0.4) is 0 Å². The Morgan fingerprint density at radius 2 is 1.70 bits per heavy atom. The fraction of sp³-hybridized carbons (Fsp3) is 0.421. The van der Waals surface area contributed by atoms with Crippen molar-refractivity contribution in [3.63, 3.8) is 0 Å². The second kappa shape index (κ2) is 10.5. The first-order valence-electron chi connectivity index (χ1n) is 8.24. The van der Waals surface area contributed by atoms with E-state index in [1.807, 2.05) is 4.90 Å². The summed E-state index contributed by atoms with van der Waals surface area (Å²) in [7, 11) is 0. The first-order chi connectivity index (χ1) is 11.1. The lowest BCUT2D eigenvalue weighted by Gasteiger charge is -2.20. The Morgan fingerprint density at radius 1 is 1.04 bits per heavy atom. The summed E-state index contributed by atoms with van der Waals surface area (Å²) in [4.78, 5) is 14.1. The van der Waals surface area contributed by atoms with Crippen LogP contribution < -0.4 is 0 Å². The van der Waals surface area contributed by atoms with E-state index in [2.05, 4.69) is 13.8 Å². The number of benzene rings is 1. The van der Waals surface area contributed by atoms with Gasteiger partial charge in [0.25, 0.3) is 0 Å². The zero-order chi connectivity index (χ0) is 17.1. The standard InChI is InChI=1S/C19H27NO3/c1-3-5-13-20(14-6-4-2)19(23)10-8-7-9-16-11-12-17(21)18(22)15-16/h7-12,15,21-22H,3-6,13-14H2,1-2H3/b9-7+,10-8+. The van der Waals surface area contributed by atoms with Crippen LogP contribution >= 0.6 is 0 Å². The maximum Gasteiger partial charge on any atom is 0.246 e. The van der Waals surface area contributed by atoms with Gasteiger partial charge in [-0.05, 0) is 30.5 Å². The molecule has 23 heavy (non-hydrogen) atoms. The van der Waals surface area contributed by atoms with E-state index in [1.165, 1.54) is 12.1 Å². The van der Waals surface area contributed by atoms with Crippen LogP contribution in [0.5, 0.6) is 11.5 Å². The van der Waals surface area contributed by atoms with Gasteiger partial charge >= 0.3 is 0 Å². The monoisotopic (exact) mass is 317 g/mol. The van der Waals surface area contributed by atoms with E-state index in [-0.39, 0.29) is 17.4 Å². The molecule has 2 N–H and O–H groups in total. The van der Waals surface area contributed by atoms with Gasteiger partial charge < -0.3 is 15.1 Å². The summed E-state index contributed by atoms with van der Waals surface area (Å²) in [6, 6.07) is 4.59. The van der Waals surface area contributed by atoms with Gasteiger partial charge in [0.1, 0.15) is 0 Å². The van der Waals surface area contributed by atoms with Gasteiger partial charge in [-0.2, -0.15) is 0 Å². The molecule has 1 rings (SSSR count). The van der Waals surface area contributed by atoms with Crippen LogP contribution in [0.15, 0.2) is 36.4 Å². The van der Waals surface area contributed by atoms with Crippen LogP contribution in [0.25, 0.3) is 6.08 Å². The van der Waals surface area contributed by atoms with Crippen LogP contribution in [0.2, 0.25) is 0 Å². The van der Waals surface area contributed by atoms with Crippen molar-refractivity contribution in [1.82, 2.24) is 4.90 Å². The molecule has 4 heteroatoms. The lowest BCUT2D eigenvalue weighted by Crippen LogP contribution is -2.31. The molecule has 1 aromatic rings. The summed E-state index contributed by atoms with van der Waals surface area (Å²) in [5.74, 6) is -0.266. The van der Waals surface area contributed by atoms with Crippen LogP contribution in [-0.2, 0) is 4.79 Å². The number of carbonyl (C=O) groups excluding carboxylic acids is 1. The Kier molecular flexibility index (Phi) is 8.58. The molecule has 0 spiro atoms. The highest BCUT2D eigenvalue weighted by atomic mass is 16.3. The van der Waals surface area contributed by atoms with Crippen molar-refractivity contribution in [1.29, 1.82) is 0 Å². The zero-order valence-corrected chi connectivity index (χ0v) is 14.0. The number of carbonyl (C=O) groups is 1. The molecular weight excluding hydrogens is 290 g/mol. The van der Waals surface area contributed by atoms with Gasteiger partial charge in [0.05, 0.1) is 0 Å². The lowest BCUT2D eigenvalue weighted by molar-refractivity contribution is -0.126. The molecule has 0 saturated carbocycles. The second-order valence-corrected chi connectivity index (χ2v) is 5.50. The van der Waals surface area contributed by atoms with Gasteiger partial charge in [0.15, 0.2) is 11.5 Å². The molecule has 0 aromatic heterocycles. The van der Waals surface area contributed by atoms with Crippen LogP contribution in [-0.4, -0.2) is 34.1 Å². The average Bonchev–Trinajstić information content (AvgIpc) is 2.54. The summed E-state index contributed by atoms with van der Waals surface area (Å²) in [5, 5.41) is 18.7. The second-order valence-electron chi connectivity index (χ2n) is 5.50. The van der Waals surface area contributed by atoms with Gasteiger partial charge in [-0.15, -0.1) is 0 Å². The van der Waals surface area contributed by atoms with Crippen molar-refractivity contribution in [2.24, 2.45) is 0 Å². The number of unbranched alkanes of at least 4 members (excludes halogenated alkanes) is 2. The largest absolute Gasteiger partial charge is 0.504 e. The number of allylic oxidation sites excluding steroid dienone is 2. The van der Waals surface area contributed by atoms with Gasteiger partial charge in [-0.1, -0.05) is 51.0 Å². The number of nitrogens with zero attached hydrogens (tertiary/aromatic N) is 1. The Bertz CT molecular complexity index is 542. The molecule has 0 aliphatic carbocycles. The minimum atomic E-state index is -0.155. The first kappa shape index (κ1) is 18.8. The van der Waals surface area contributed by atoms with Crippen molar-refractivity contribution in [2.45, 2.75) is 39.5 Å². The molecule has 126 valence electrons. The number of rotatable bonds is 9. The molecular formula is C19H27NO3. The van der Waals surface area contributed by atoms with Crippen molar-refractivity contribution < 1.29 is 15.0 Å². The SMILES string of the molecule is CCCCN(CCCC)C(=O)/C=C/C=C/c1ccc(O)c(O)c1. The highest BCUT2D eigenvalue weighted by molar-refractivity contribution is 5.88. The number of phenols is 2. The van der Waals surface area contributed by atoms with Crippen molar-refractivity contribution in [2.75, 3.05) is 13.1 Å². The first-order valence-corrected chi connectivity index (χ1v) is 8.24. The third kappa shape index (κ3) is 7.04. The van der Waals surface area contributed by atoms with E-state index in [0.29, 0.717) is 0 Å². The highest BCUT2D eigenvalue weighted by Crippen LogP contribution is 2.25. The lowest BCUT2D eigenvalue weighted by atomic mass is 10.2. The Hall–Kier alpha value is -2.23. The third-order valence-electron chi connectivity index (χ3n) is 3.51. The predicted molar refractivity (Wildman–Crippen MR) is 94.3 cm³/mol. The molecule has 0 heterocycles. The number of aromatic hydroxyl groups is 2. The summed E-state index contributed by atoms with van der Waals surface area (Å²) < 4.78 is 0. The topological polar surface area (TPSA) is 60.8 Å². The highest BCUT2D eigenvalue weighted by Gasteiger charge is 2.08. The van der Waals surface area contributed by atoms with Gasteiger partial charge in [0.2, 0.25) is 5.91 Å². The zero-order valence-electron chi connectivity index (χ0n) is 14.0. The summed E-state index contributed by atoms with van der Waals surface area (Å²) >= 11 is 0. The molecule has 0 bridgehead atoms. The summed E-state index contributed by atoms with van der Waals surface area (Å²) in [6.07, 6.45) is 11.0. The Morgan fingerprint density at radius 3 is 2.26 bits per heavy atom. The Labute approximate surface area is 138 Å². The van der Waals surface area contributed by atoms with Crippen LogP contribution in [0.1, 0.15) is 45.1 Å². The average molecular weight is 317 g/mol. The van der Waals surface area contributed by atoms with Crippen molar-refractivity contribution >= 4 is 12.0 Å². The van der Waals surface area contributed by atoms with Crippen molar-refractivity contribution in [3.05, 3.63) is 42.0 Å². The van der Waals surface area contributed by atoms with Gasteiger partial charge in [0, 0.05) is 19.2 Å². The fourth-order valence-electron chi connectivity index (χ4n) is 2.08. The van der Waals surface area contributed by atoms with E-state index in [9.17, 15) is 15.0 Å². The van der Waals surface area contributed by atoms with Crippen molar-refractivity contribution in [3.8, 4) is 11.5 Å². The molecule has 0 atom stereocenters. The molecule has 1 amide bonds. The molecule has 0 saturated heterocycles. The number of phenolic OH excluding ortho intramolecular Hbond substituents is 2. The molecule has 0 aliphatic heterocycles. The number of hydrogen-bond acceptors (Lipinski definition) is 3. The van der Waals surface area contributed by atoms with Crippen LogP contribution in [0.4, 0.5) is 0 Å². The molecule has 0 unspecified atom stereocenters. The molecule has 0 radical (unpaired) electrons. The molecule has 0 fully saturated rings. The summed E-state index contributed by atoms with van der Waals surface area (Å²) in [5.41, 5.74) is 0.756. The maximum atomic E-state index is 12.2. The third-order valence-corrected chi connectivity index (χ3v) is 3.51. The van der Waals surface area contributed by atoms with E-state index in [0.717, 1.165) is 44.3 Å². The summed E-state index contributed by atoms with van der Waals surface area (Å²) in [6.45, 7) is 5.84. The normalized spacial score (nSPS) is 11.4. The van der Waals surface area contributed by atoms with E-state index in [4.69, 9.17) is 0 Å². The fourth-order valence-corrected chi connectivity index (χ4v) is 2.08. The maximum absolute atomic E-state index is 12.2. The van der Waals surface area contributed by atoms with E-state index in [1.54, 1.807) is 30.4 Å². The predicted octanol–water partition coefficient (Wildman–Crippen LogP) is 4.10. The van der Waals surface area contributed by atoms with E-state index < -0.39 is 0 Å². The van der Waals surface area contributed by atoms with Crippen LogP contribution in [0, 0.1) is 0 Å². The Balaban J connectivity index is 2.60. The molecule has 0 aliphatic rings.